The Morgan fingerprint density at radius 3 is 1.30 bits per heavy atom. The molecule has 12 aromatic carbocycles. The molecule has 0 aromatic heterocycles. The molecule has 12 rings (SSSR count). The highest BCUT2D eigenvalue weighted by Gasteiger charge is 2.22. The van der Waals surface area contributed by atoms with E-state index in [4.69, 9.17) is 0 Å². The zero-order valence-corrected chi connectivity index (χ0v) is 34.6. The molecular weight excluding hydrogens is 759 g/mol. The molecule has 0 heterocycles. The van der Waals surface area contributed by atoms with E-state index in [1.807, 2.05) is 0 Å². The quantitative estimate of drug-likeness (QED) is 0.145. The molecule has 0 unspecified atom stereocenters. The summed E-state index contributed by atoms with van der Waals surface area (Å²) >= 11 is 0. The summed E-state index contributed by atoms with van der Waals surface area (Å²) < 4.78 is 0. The molecule has 0 saturated carbocycles. The van der Waals surface area contributed by atoms with Gasteiger partial charge in [0.15, 0.2) is 0 Å². The van der Waals surface area contributed by atoms with Crippen LogP contribution in [-0.2, 0) is 0 Å². The Bertz CT molecular complexity index is 3560. The molecule has 12 aromatic rings. The second-order valence-electron chi connectivity index (χ2n) is 16.4. The maximum absolute atomic E-state index is 2.43. The van der Waals surface area contributed by atoms with E-state index in [0.717, 1.165) is 17.1 Å². The Morgan fingerprint density at radius 1 is 0.238 bits per heavy atom. The first-order chi connectivity index (χ1) is 31.3. The molecule has 0 aliphatic heterocycles. The van der Waals surface area contributed by atoms with Gasteiger partial charge in [-0.1, -0.05) is 212 Å². The predicted molar refractivity (Wildman–Crippen MR) is 270 cm³/mol. The highest BCUT2D eigenvalue weighted by molar-refractivity contribution is 6.33. The van der Waals surface area contributed by atoms with Crippen LogP contribution in [0.15, 0.2) is 249 Å². The first-order valence-corrected chi connectivity index (χ1v) is 21.8. The Balaban J connectivity index is 1.09. The van der Waals surface area contributed by atoms with Crippen molar-refractivity contribution in [2.75, 3.05) is 4.90 Å². The molecule has 0 radical (unpaired) electrons. The third-order valence-electron chi connectivity index (χ3n) is 12.8. The zero-order chi connectivity index (χ0) is 41.7. The van der Waals surface area contributed by atoms with Crippen LogP contribution in [0.1, 0.15) is 0 Å². The highest BCUT2D eigenvalue weighted by Crippen LogP contribution is 2.50. The third kappa shape index (κ3) is 6.25. The lowest BCUT2D eigenvalue weighted by atomic mass is 9.81. The normalized spacial score (nSPS) is 11.5. The molecule has 0 N–H and O–H groups in total. The summed E-state index contributed by atoms with van der Waals surface area (Å²) in [5.41, 5.74) is 13.1. The van der Waals surface area contributed by atoms with Crippen LogP contribution in [0.3, 0.4) is 0 Å². The number of fused-ring (bicyclic) bond motifs is 8. The van der Waals surface area contributed by atoms with E-state index in [1.165, 1.54) is 98.4 Å². The maximum atomic E-state index is 2.43. The van der Waals surface area contributed by atoms with E-state index < -0.39 is 0 Å². The van der Waals surface area contributed by atoms with Gasteiger partial charge in [-0.05, 0) is 124 Å². The van der Waals surface area contributed by atoms with Crippen LogP contribution in [0.4, 0.5) is 17.1 Å². The fourth-order valence-electron chi connectivity index (χ4n) is 9.95. The van der Waals surface area contributed by atoms with Crippen LogP contribution in [0.5, 0.6) is 0 Å². The standard InChI is InChI=1S/C62H41N/c1-4-18-45(19-5-1)55-41-56(46-20-6-2-7-21-46)61-53-31-15-14-30-52(53)57-40-48(36-39-54(57)62(61)60(55)47-24-8-3-9-25-47)42-34-37-49(38-35-42)63(58-32-16-26-43-22-10-12-28-50(43)58)59-33-17-27-44-23-11-13-29-51(44)59/h1-41H. The topological polar surface area (TPSA) is 3.24 Å². The molecule has 0 aliphatic carbocycles. The average molecular weight is 800 g/mol. The Hall–Kier alpha value is -8.26. The summed E-state index contributed by atoms with van der Waals surface area (Å²) in [6, 6.07) is 91.0. The van der Waals surface area contributed by atoms with E-state index in [2.05, 4.69) is 254 Å². The Labute approximate surface area is 367 Å². The summed E-state index contributed by atoms with van der Waals surface area (Å²) in [7, 11) is 0. The molecule has 0 fully saturated rings. The molecule has 294 valence electrons. The number of nitrogens with zero attached hydrogens (tertiary/aromatic N) is 1. The molecule has 0 spiro atoms. The van der Waals surface area contributed by atoms with Gasteiger partial charge in [-0.3, -0.25) is 0 Å². The molecule has 0 bridgehead atoms. The van der Waals surface area contributed by atoms with Gasteiger partial charge < -0.3 is 4.90 Å². The lowest BCUT2D eigenvalue weighted by Gasteiger charge is -2.28. The summed E-state index contributed by atoms with van der Waals surface area (Å²) in [4.78, 5) is 2.42. The van der Waals surface area contributed by atoms with Gasteiger partial charge in [0.25, 0.3) is 0 Å². The van der Waals surface area contributed by atoms with Crippen molar-refractivity contribution in [2.45, 2.75) is 0 Å². The van der Waals surface area contributed by atoms with Crippen molar-refractivity contribution in [3.05, 3.63) is 249 Å². The van der Waals surface area contributed by atoms with Crippen LogP contribution in [0.25, 0.3) is 98.4 Å². The smallest absolute Gasteiger partial charge is 0.0540 e. The van der Waals surface area contributed by atoms with E-state index >= 15 is 0 Å². The van der Waals surface area contributed by atoms with Gasteiger partial charge in [-0.2, -0.15) is 0 Å². The summed E-state index contributed by atoms with van der Waals surface area (Å²) in [5, 5.41) is 12.4. The minimum atomic E-state index is 1.11. The molecular formula is C62H41N. The van der Waals surface area contributed by atoms with Crippen molar-refractivity contribution >= 4 is 70.9 Å². The molecule has 1 nitrogen and oxygen atoms in total. The van der Waals surface area contributed by atoms with E-state index in [1.54, 1.807) is 0 Å². The first-order valence-electron chi connectivity index (χ1n) is 21.8. The van der Waals surface area contributed by atoms with Crippen LogP contribution >= 0.6 is 0 Å². The summed E-state index contributed by atoms with van der Waals surface area (Å²) in [6.07, 6.45) is 0. The second kappa shape index (κ2) is 15.3. The fraction of sp³-hybridized carbons (Fsp3) is 0. The van der Waals surface area contributed by atoms with Crippen molar-refractivity contribution in [3.8, 4) is 44.5 Å². The van der Waals surface area contributed by atoms with Crippen LogP contribution < -0.4 is 4.90 Å². The van der Waals surface area contributed by atoms with Gasteiger partial charge in [0.1, 0.15) is 0 Å². The van der Waals surface area contributed by atoms with Crippen molar-refractivity contribution in [1.82, 2.24) is 0 Å². The van der Waals surface area contributed by atoms with Gasteiger partial charge in [0.05, 0.1) is 11.4 Å². The van der Waals surface area contributed by atoms with Crippen LogP contribution in [0.2, 0.25) is 0 Å². The Kier molecular flexibility index (Phi) is 8.90. The monoisotopic (exact) mass is 799 g/mol. The number of benzene rings is 12. The van der Waals surface area contributed by atoms with Crippen LogP contribution in [0, 0.1) is 0 Å². The van der Waals surface area contributed by atoms with E-state index in [0.29, 0.717) is 0 Å². The molecule has 63 heavy (non-hydrogen) atoms. The largest absolute Gasteiger partial charge is 0.309 e. The Morgan fingerprint density at radius 2 is 0.698 bits per heavy atom. The lowest BCUT2D eigenvalue weighted by molar-refractivity contribution is 1.31. The zero-order valence-electron chi connectivity index (χ0n) is 34.6. The summed E-state index contributed by atoms with van der Waals surface area (Å²) in [5.74, 6) is 0. The fourth-order valence-corrected chi connectivity index (χ4v) is 9.95. The van der Waals surface area contributed by atoms with Gasteiger partial charge in [-0.25, -0.2) is 0 Å². The first kappa shape index (κ1) is 36.6. The van der Waals surface area contributed by atoms with Crippen molar-refractivity contribution in [1.29, 1.82) is 0 Å². The van der Waals surface area contributed by atoms with Crippen molar-refractivity contribution < 1.29 is 0 Å². The van der Waals surface area contributed by atoms with Crippen molar-refractivity contribution in [2.24, 2.45) is 0 Å². The average Bonchev–Trinajstić information content (AvgIpc) is 3.37. The minimum absolute atomic E-state index is 1.11. The number of hydrogen-bond donors (Lipinski definition) is 0. The molecule has 0 saturated heterocycles. The van der Waals surface area contributed by atoms with Gasteiger partial charge in [-0.15, -0.1) is 0 Å². The maximum Gasteiger partial charge on any atom is 0.0540 e. The van der Waals surface area contributed by atoms with Gasteiger partial charge in [0.2, 0.25) is 0 Å². The number of rotatable bonds is 7. The molecule has 1 heteroatoms. The highest BCUT2D eigenvalue weighted by atomic mass is 15.1. The summed E-state index contributed by atoms with van der Waals surface area (Å²) in [6.45, 7) is 0. The lowest BCUT2D eigenvalue weighted by Crippen LogP contribution is -2.11. The minimum Gasteiger partial charge on any atom is -0.309 e. The van der Waals surface area contributed by atoms with E-state index in [-0.39, 0.29) is 0 Å². The second-order valence-corrected chi connectivity index (χ2v) is 16.4. The van der Waals surface area contributed by atoms with Gasteiger partial charge in [0, 0.05) is 16.5 Å². The molecule has 0 aliphatic rings. The predicted octanol–water partition coefficient (Wildman–Crippen LogP) is 17.6. The van der Waals surface area contributed by atoms with E-state index in [9.17, 15) is 0 Å². The SMILES string of the molecule is c1ccc(-c2cc(-c3ccccc3)c3c4ccccc4c4cc(-c5ccc(N(c6cccc7ccccc67)c6cccc7ccccc67)cc5)ccc4c3c2-c2ccccc2)cc1. The third-order valence-corrected chi connectivity index (χ3v) is 12.8. The number of hydrogen-bond acceptors (Lipinski definition) is 1. The molecule has 0 amide bonds. The van der Waals surface area contributed by atoms with Crippen molar-refractivity contribution in [3.63, 3.8) is 0 Å². The number of anilines is 3. The molecule has 0 atom stereocenters. The van der Waals surface area contributed by atoms with Gasteiger partial charge >= 0.3 is 0 Å². The van der Waals surface area contributed by atoms with Crippen LogP contribution in [-0.4, -0.2) is 0 Å².